The first-order valence-electron chi connectivity index (χ1n) is 6.65. The molecule has 0 aliphatic carbocycles. The second-order valence-electron chi connectivity index (χ2n) is 4.85. The molecule has 2 rings (SSSR count). The maximum absolute atomic E-state index is 12.5. The summed E-state index contributed by atoms with van der Waals surface area (Å²) in [5.74, 6) is -4.11. The van der Waals surface area contributed by atoms with Gasteiger partial charge in [-0.25, -0.2) is 9.59 Å². The maximum Gasteiger partial charge on any atom is 0.534 e. The predicted molar refractivity (Wildman–Crippen MR) is 81.4 cm³/mol. The van der Waals surface area contributed by atoms with Crippen molar-refractivity contribution in [2.45, 2.75) is 5.51 Å². The van der Waals surface area contributed by atoms with Gasteiger partial charge in [-0.05, 0) is 23.8 Å². The fraction of sp³-hybridized carbons (Fsp3) is 0.0667. The average molecular weight is 390 g/mol. The molecule has 0 saturated heterocycles. The molecule has 0 spiro atoms. The van der Waals surface area contributed by atoms with Crippen molar-refractivity contribution in [3.8, 4) is 16.9 Å². The number of rotatable bonds is 5. The number of benzene rings is 2. The smallest absolute Gasteiger partial charge is 0.478 e. The van der Waals surface area contributed by atoms with E-state index in [2.05, 4.69) is 4.18 Å². The predicted octanol–water partition coefficient (Wildman–Crippen LogP) is 2.98. The van der Waals surface area contributed by atoms with Crippen molar-refractivity contribution < 1.29 is 45.6 Å². The molecule has 0 aromatic heterocycles. The summed E-state index contributed by atoms with van der Waals surface area (Å²) in [5.41, 5.74) is -6.98. The molecule has 0 fully saturated rings. The summed E-state index contributed by atoms with van der Waals surface area (Å²) >= 11 is 0. The Balaban J connectivity index is 2.66. The second-order valence-corrected chi connectivity index (χ2v) is 6.39. The van der Waals surface area contributed by atoms with E-state index in [9.17, 15) is 36.3 Å². The standard InChI is InChI=1S/C15H9F3O7S/c16-15(17,18)26(23,24)25-11-6-2-5-10(12(11)14(21)22)8-3-1-4-9(7-8)13(19)20/h1-7H,(H,19,20)(H,21,22). The monoisotopic (exact) mass is 390 g/mol. The number of carbonyl (C=O) groups is 2. The summed E-state index contributed by atoms with van der Waals surface area (Å²) in [6, 6.07) is 7.93. The lowest BCUT2D eigenvalue weighted by Crippen LogP contribution is -2.28. The Hall–Kier alpha value is -3.08. The van der Waals surface area contributed by atoms with Crippen LogP contribution in [0.15, 0.2) is 42.5 Å². The SMILES string of the molecule is O=C(O)c1cccc(-c2cccc(OS(=O)(=O)C(F)(F)F)c2C(=O)O)c1. The lowest BCUT2D eigenvalue weighted by atomic mass is 9.97. The van der Waals surface area contributed by atoms with Gasteiger partial charge in [0.2, 0.25) is 0 Å². The third kappa shape index (κ3) is 3.77. The lowest BCUT2D eigenvalue weighted by molar-refractivity contribution is -0.0500. The van der Waals surface area contributed by atoms with Gasteiger partial charge in [-0.15, -0.1) is 0 Å². The summed E-state index contributed by atoms with van der Waals surface area (Å²) in [6.45, 7) is 0. The van der Waals surface area contributed by atoms with E-state index in [4.69, 9.17) is 5.11 Å². The van der Waals surface area contributed by atoms with Gasteiger partial charge in [0.05, 0.1) is 5.56 Å². The van der Waals surface area contributed by atoms with Crippen molar-refractivity contribution in [3.05, 3.63) is 53.6 Å². The van der Waals surface area contributed by atoms with Crippen LogP contribution in [-0.4, -0.2) is 36.1 Å². The normalized spacial score (nSPS) is 11.8. The van der Waals surface area contributed by atoms with Gasteiger partial charge in [0.1, 0.15) is 5.56 Å². The van der Waals surface area contributed by atoms with Crippen molar-refractivity contribution in [3.63, 3.8) is 0 Å². The molecule has 0 heterocycles. The Kier molecular flexibility index (Phi) is 4.94. The number of aromatic carboxylic acids is 2. The van der Waals surface area contributed by atoms with Crippen molar-refractivity contribution in [1.29, 1.82) is 0 Å². The molecular weight excluding hydrogens is 381 g/mol. The van der Waals surface area contributed by atoms with E-state index in [1.165, 1.54) is 24.3 Å². The zero-order valence-corrected chi connectivity index (χ0v) is 13.3. The molecule has 2 aromatic carbocycles. The van der Waals surface area contributed by atoms with Crippen LogP contribution in [0.5, 0.6) is 5.75 Å². The molecular formula is C15H9F3O7S. The molecule has 7 nitrogen and oxygen atoms in total. The Labute approximate surface area is 144 Å². The minimum Gasteiger partial charge on any atom is -0.478 e. The summed E-state index contributed by atoms with van der Waals surface area (Å²) in [5, 5.41) is 18.3. The van der Waals surface area contributed by atoms with Gasteiger partial charge < -0.3 is 14.4 Å². The van der Waals surface area contributed by atoms with Gasteiger partial charge in [-0.2, -0.15) is 21.6 Å². The zero-order chi connectivity index (χ0) is 19.7. The topological polar surface area (TPSA) is 118 Å². The maximum atomic E-state index is 12.5. The number of carboxylic acids is 2. The summed E-state index contributed by atoms with van der Waals surface area (Å²) in [7, 11) is -6.08. The van der Waals surface area contributed by atoms with E-state index in [0.717, 1.165) is 18.2 Å². The molecule has 11 heteroatoms. The van der Waals surface area contributed by atoms with Crippen molar-refractivity contribution >= 4 is 22.1 Å². The minimum absolute atomic E-state index is 0.0390. The van der Waals surface area contributed by atoms with E-state index in [0.29, 0.717) is 0 Å². The second kappa shape index (κ2) is 6.67. The molecule has 0 saturated carbocycles. The third-order valence-electron chi connectivity index (χ3n) is 3.14. The first kappa shape index (κ1) is 19.2. The molecule has 0 aliphatic rings. The Morgan fingerprint density at radius 1 is 0.962 bits per heavy atom. The fourth-order valence-electron chi connectivity index (χ4n) is 2.05. The highest BCUT2D eigenvalue weighted by Crippen LogP contribution is 2.34. The van der Waals surface area contributed by atoms with Crippen LogP contribution in [0.25, 0.3) is 11.1 Å². The molecule has 0 bridgehead atoms. The van der Waals surface area contributed by atoms with Crippen LogP contribution in [0.4, 0.5) is 13.2 Å². The number of carboxylic acid groups (broad SMARTS) is 2. The average Bonchev–Trinajstić information content (AvgIpc) is 2.53. The Bertz CT molecular complexity index is 981. The van der Waals surface area contributed by atoms with Crippen LogP contribution >= 0.6 is 0 Å². The fourth-order valence-corrected chi connectivity index (χ4v) is 2.52. The first-order chi connectivity index (χ1) is 11.9. The van der Waals surface area contributed by atoms with E-state index < -0.39 is 38.9 Å². The largest absolute Gasteiger partial charge is 0.534 e. The lowest BCUT2D eigenvalue weighted by Gasteiger charge is -2.14. The minimum atomic E-state index is -6.08. The third-order valence-corrected chi connectivity index (χ3v) is 4.11. The number of alkyl halides is 3. The molecule has 0 amide bonds. The van der Waals surface area contributed by atoms with Crippen LogP contribution in [0.3, 0.4) is 0 Å². The van der Waals surface area contributed by atoms with Crippen molar-refractivity contribution in [2.24, 2.45) is 0 Å². The zero-order valence-electron chi connectivity index (χ0n) is 12.5. The van der Waals surface area contributed by atoms with Gasteiger partial charge in [-0.1, -0.05) is 24.3 Å². The molecule has 0 atom stereocenters. The van der Waals surface area contributed by atoms with Gasteiger partial charge >= 0.3 is 27.6 Å². The number of hydrogen-bond donors (Lipinski definition) is 2. The van der Waals surface area contributed by atoms with Crippen molar-refractivity contribution in [1.82, 2.24) is 0 Å². The van der Waals surface area contributed by atoms with E-state index in [-0.39, 0.29) is 16.7 Å². The summed E-state index contributed by atoms with van der Waals surface area (Å²) in [4.78, 5) is 22.5. The highest BCUT2D eigenvalue weighted by molar-refractivity contribution is 7.88. The highest BCUT2D eigenvalue weighted by Gasteiger charge is 2.49. The van der Waals surface area contributed by atoms with Gasteiger partial charge in [0.15, 0.2) is 5.75 Å². The van der Waals surface area contributed by atoms with Crippen LogP contribution in [0, 0.1) is 0 Å². The Morgan fingerprint density at radius 2 is 1.58 bits per heavy atom. The summed E-state index contributed by atoms with van der Waals surface area (Å²) in [6.07, 6.45) is 0. The first-order valence-corrected chi connectivity index (χ1v) is 8.05. The van der Waals surface area contributed by atoms with Crippen LogP contribution in [0.2, 0.25) is 0 Å². The molecule has 2 N–H and O–H groups in total. The van der Waals surface area contributed by atoms with Gasteiger partial charge in [0.25, 0.3) is 0 Å². The van der Waals surface area contributed by atoms with Gasteiger partial charge in [0, 0.05) is 5.56 Å². The Morgan fingerprint density at radius 3 is 2.12 bits per heavy atom. The molecule has 0 unspecified atom stereocenters. The van der Waals surface area contributed by atoms with Crippen LogP contribution in [-0.2, 0) is 10.1 Å². The molecule has 2 aromatic rings. The van der Waals surface area contributed by atoms with Crippen LogP contribution in [0.1, 0.15) is 20.7 Å². The van der Waals surface area contributed by atoms with Crippen LogP contribution < -0.4 is 4.18 Å². The molecule has 138 valence electrons. The number of halogens is 3. The molecule has 26 heavy (non-hydrogen) atoms. The van der Waals surface area contributed by atoms with Gasteiger partial charge in [-0.3, -0.25) is 0 Å². The quantitative estimate of drug-likeness (QED) is 0.595. The molecule has 0 aliphatic heterocycles. The van der Waals surface area contributed by atoms with E-state index in [1.807, 2.05) is 0 Å². The van der Waals surface area contributed by atoms with E-state index >= 15 is 0 Å². The number of hydrogen-bond acceptors (Lipinski definition) is 5. The van der Waals surface area contributed by atoms with Crippen molar-refractivity contribution in [2.75, 3.05) is 0 Å². The summed E-state index contributed by atoms with van der Waals surface area (Å²) < 4.78 is 63.8. The molecule has 0 radical (unpaired) electrons. The highest BCUT2D eigenvalue weighted by atomic mass is 32.2. The van der Waals surface area contributed by atoms with E-state index in [1.54, 1.807) is 0 Å².